The highest BCUT2D eigenvalue weighted by molar-refractivity contribution is 6.35. The molecule has 5 heteroatoms. The maximum Gasteiger partial charge on any atom is 0.309 e. The molecule has 0 spiro atoms. The van der Waals surface area contributed by atoms with Gasteiger partial charge in [-0.2, -0.15) is 0 Å². The minimum Gasteiger partial charge on any atom is -0.348 e. The molecule has 0 aromatic rings. The number of carbonyl (C=O) groups is 2. The van der Waals surface area contributed by atoms with E-state index in [1.165, 1.54) is 25.7 Å². The first-order valence-corrected chi connectivity index (χ1v) is 9.55. The smallest absolute Gasteiger partial charge is 0.309 e. The number of amides is 2. The van der Waals surface area contributed by atoms with Gasteiger partial charge in [0, 0.05) is 18.6 Å². The lowest BCUT2D eigenvalue weighted by Crippen LogP contribution is -2.46. The van der Waals surface area contributed by atoms with Crippen molar-refractivity contribution in [1.29, 1.82) is 0 Å². The third kappa shape index (κ3) is 4.69. The monoisotopic (exact) mass is 321 g/mol. The van der Waals surface area contributed by atoms with Gasteiger partial charge in [-0.15, -0.1) is 0 Å². The fraction of sp³-hybridized carbons (Fsp3) is 0.889. The summed E-state index contributed by atoms with van der Waals surface area (Å²) < 4.78 is 0. The summed E-state index contributed by atoms with van der Waals surface area (Å²) in [5.41, 5.74) is 0. The van der Waals surface area contributed by atoms with Crippen molar-refractivity contribution in [2.75, 3.05) is 19.6 Å². The van der Waals surface area contributed by atoms with Crippen LogP contribution in [0, 0.1) is 5.92 Å². The van der Waals surface area contributed by atoms with Crippen molar-refractivity contribution in [3.63, 3.8) is 0 Å². The summed E-state index contributed by atoms with van der Waals surface area (Å²) in [6.45, 7) is 2.95. The van der Waals surface area contributed by atoms with E-state index in [-0.39, 0.29) is 6.04 Å². The fourth-order valence-corrected chi connectivity index (χ4v) is 4.43. The Morgan fingerprint density at radius 3 is 2.09 bits per heavy atom. The molecule has 2 saturated carbocycles. The topological polar surface area (TPSA) is 61.4 Å². The van der Waals surface area contributed by atoms with E-state index in [4.69, 9.17) is 0 Å². The Kier molecular flexibility index (Phi) is 5.92. The largest absolute Gasteiger partial charge is 0.348 e. The van der Waals surface area contributed by atoms with E-state index in [1.54, 1.807) is 0 Å². The Morgan fingerprint density at radius 2 is 1.43 bits per heavy atom. The van der Waals surface area contributed by atoms with Gasteiger partial charge in [-0.3, -0.25) is 9.59 Å². The van der Waals surface area contributed by atoms with Crippen LogP contribution in [0.4, 0.5) is 0 Å². The van der Waals surface area contributed by atoms with E-state index in [9.17, 15) is 9.59 Å². The molecule has 2 N–H and O–H groups in total. The zero-order chi connectivity index (χ0) is 16.1. The van der Waals surface area contributed by atoms with Gasteiger partial charge in [-0.25, -0.2) is 0 Å². The second-order valence-electron chi connectivity index (χ2n) is 7.58. The van der Waals surface area contributed by atoms with E-state index < -0.39 is 11.8 Å². The highest BCUT2D eigenvalue weighted by Crippen LogP contribution is 2.27. The van der Waals surface area contributed by atoms with Gasteiger partial charge >= 0.3 is 11.8 Å². The van der Waals surface area contributed by atoms with Crippen LogP contribution in [0.5, 0.6) is 0 Å². The SMILES string of the molecule is O=C(NCC1CCN(C2CCCC2)CC1)C(=O)NC1CCCC1. The summed E-state index contributed by atoms with van der Waals surface area (Å²) in [5, 5.41) is 5.69. The summed E-state index contributed by atoms with van der Waals surface area (Å²) >= 11 is 0. The molecule has 0 aromatic carbocycles. The number of carbonyl (C=O) groups excluding carboxylic acids is 2. The van der Waals surface area contributed by atoms with Crippen molar-refractivity contribution >= 4 is 11.8 Å². The van der Waals surface area contributed by atoms with Crippen molar-refractivity contribution < 1.29 is 9.59 Å². The average molecular weight is 321 g/mol. The molecule has 0 unspecified atom stereocenters. The standard InChI is InChI=1S/C18H31N3O2/c22-17(18(23)20-15-5-1-2-6-15)19-13-14-9-11-21(12-10-14)16-7-3-4-8-16/h14-16H,1-13H2,(H,19,22)(H,20,23). The summed E-state index contributed by atoms with van der Waals surface area (Å²) in [5.74, 6) is -0.369. The second kappa shape index (κ2) is 8.13. The number of hydrogen-bond donors (Lipinski definition) is 2. The molecule has 0 bridgehead atoms. The van der Waals surface area contributed by atoms with Crippen LogP contribution >= 0.6 is 0 Å². The zero-order valence-electron chi connectivity index (χ0n) is 14.2. The minimum atomic E-state index is -0.449. The molecule has 23 heavy (non-hydrogen) atoms. The van der Waals surface area contributed by atoms with Crippen LogP contribution in [0.15, 0.2) is 0 Å². The summed E-state index contributed by atoms with van der Waals surface area (Å²) in [7, 11) is 0. The van der Waals surface area contributed by atoms with Crippen LogP contribution in [0.1, 0.15) is 64.2 Å². The Labute approximate surface area is 139 Å². The van der Waals surface area contributed by atoms with Gasteiger partial charge in [0.15, 0.2) is 0 Å². The van der Waals surface area contributed by atoms with Crippen molar-refractivity contribution in [1.82, 2.24) is 15.5 Å². The Balaban J connectivity index is 1.32. The lowest BCUT2D eigenvalue weighted by atomic mass is 9.95. The lowest BCUT2D eigenvalue weighted by molar-refractivity contribution is -0.139. The molecule has 1 saturated heterocycles. The minimum absolute atomic E-state index is 0.211. The Morgan fingerprint density at radius 1 is 0.826 bits per heavy atom. The lowest BCUT2D eigenvalue weighted by Gasteiger charge is -2.36. The number of nitrogens with zero attached hydrogens (tertiary/aromatic N) is 1. The molecule has 1 heterocycles. The first-order chi connectivity index (χ1) is 11.2. The molecule has 3 aliphatic rings. The summed E-state index contributed by atoms with van der Waals surface area (Å²) in [6.07, 6.45) is 12.1. The number of rotatable bonds is 4. The van der Waals surface area contributed by atoms with E-state index in [1.807, 2.05) is 0 Å². The first kappa shape index (κ1) is 16.7. The molecule has 0 aromatic heterocycles. The highest BCUT2D eigenvalue weighted by atomic mass is 16.2. The molecule has 3 fully saturated rings. The molecule has 5 nitrogen and oxygen atoms in total. The van der Waals surface area contributed by atoms with Gasteiger partial charge in [0.2, 0.25) is 0 Å². The first-order valence-electron chi connectivity index (χ1n) is 9.55. The second-order valence-corrected chi connectivity index (χ2v) is 7.58. The van der Waals surface area contributed by atoms with E-state index in [2.05, 4.69) is 15.5 Å². The van der Waals surface area contributed by atoms with Crippen molar-refractivity contribution in [3.05, 3.63) is 0 Å². The summed E-state index contributed by atoms with van der Waals surface area (Å²) in [4.78, 5) is 26.4. The maximum absolute atomic E-state index is 11.9. The number of nitrogens with one attached hydrogen (secondary N) is 2. The molecule has 3 rings (SSSR count). The van der Waals surface area contributed by atoms with Gasteiger partial charge in [-0.05, 0) is 57.5 Å². The van der Waals surface area contributed by atoms with Crippen LogP contribution in [0.25, 0.3) is 0 Å². The van der Waals surface area contributed by atoms with Crippen LogP contribution in [-0.4, -0.2) is 48.4 Å². The van der Waals surface area contributed by atoms with Crippen LogP contribution in [0.2, 0.25) is 0 Å². The predicted octanol–water partition coefficient (Wildman–Crippen LogP) is 1.82. The third-order valence-corrected chi connectivity index (χ3v) is 5.94. The van der Waals surface area contributed by atoms with Gasteiger partial charge in [0.1, 0.15) is 0 Å². The Hall–Kier alpha value is -1.10. The molecular weight excluding hydrogens is 290 g/mol. The predicted molar refractivity (Wildman–Crippen MR) is 90.0 cm³/mol. The van der Waals surface area contributed by atoms with Crippen molar-refractivity contribution in [2.24, 2.45) is 5.92 Å². The van der Waals surface area contributed by atoms with E-state index in [0.717, 1.165) is 57.7 Å². The van der Waals surface area contributed by atoms with E-state index in [0.29, 0.717) is 12.5 Å². The average Bonchev–Trinajstić information content (AvgIpc) is 3.26. The van der Waals surface area contributed by atoms with Crippen LogP contribution in [0.3, 0.4) is 0 Å². The molecule has 0 atom stereocenters. The molecule has 2 aliphatic carbocycles. The molecule has 2 amide bonds. The van der Waals surface area contributed by atoms with Gasteiger partial charge in [-0.1, -0.05) is 25.7 Å². The fourth-order valence-electron chi connectivity index (χ4n) is 4.43. The zero-order valence-corrected chi connectivity index (χ0v) is 14.2. The normalized spacial score (nSPS) is 24.9. The Bertz CT molecular complexity index is 406. The number of likely N-dealkylation sites (tertiary alicyclic amines) is 1. The van der Waals surface area contributed by atoms with Crippen LogP contribution in [-0.2, 0) is 9.59 Å². The van der Waals surface area contributed by atoms with Gasteiger partial charge in [0.05, 0.1) is 0 Å². The van der Waals surface area contributed by atoms with Gasteiger partial charge in [0.25, 0.3) is 0 Å². The van der Waals surface area contributed by atoms with Crippen molar-refractivity contribution in [2.45, 2.75) is 76.3 Å². The quantitative estimate of drug-likeness (QED) is 0.777. The molecule has 0 radical (unpaired) electrons. The van der Waals surface area contributed by atoms with Crippen LogP contribution < -0.4 is 10.6 Å². The number of hydrogen-bond acceptors (Lipinski definition) is 3. The number of piperidine rings is 1. The highest BCUT2D eigenvalue weighted by Gasteiger charge is 2.28. The van der Waals surface area contributed by atoms with Gasteiger partial charge < -0.3 is 15.5 Å². The third-order valence-electron chi connectivity index (χ3n) is 5.94. The maximum atomic E-state index is 11.9. The molecular formula is C18H31N3O2. The summed E-state index contributed by atoms with van der Waals surface area (Å²) in [6, 6.07) is 1.02. The molecule has 1 aliphatic heterocycles. The van der Waals surface area contributed by atoms with Crippen molar-refractivity contribution in [3.8, 4) is 0 Å². The van der Waals surface area contributed by atoms with E-state index >= 15 is 0 Å². The molecule has 130 valence electrons.